The maximum Gasteiger partial charge on any atom is 0.0701 e. The fourth-order valence-electron chi connectivity index (χ4n) is 1.28. The van der Waals surface area contributed by atoms with Gasteiger partial charge in [-0.25, -0.2) is 0 Å². The molecule has 0 aliphatic rings. The first-order valence-electron chi connectivity index (χ1n) is 6.29. The van der Waals surface area contributed by atoms with Crippen molar-refractivity contribution in [3.8, 4) is 0 Å². The molecule has 0 heterocycles. The summed E-state index contributed by atoms with van der Waals surface area (Å²) < 4.78 is 10.9. The van der Waals surface area contributed by atoms with Gasteiger partial charge in [0.2, 0.25) is 0 Å². The lowest BCUT2D eigenvalue weighted by Gasteiger charge is -2.07. The van der Waals surface area contributed by atoms with Gasteiger partial charge in [0.1, 0.15) is 0 Å². The van der Waals surface area contributed by atoms with Crippen LogP contribution in [0.5, 0.6) is 0 Å². The Balaban J connectivity index is 2.96. The van der Waals surface area contributed by atoms with E-state index >= 15 is 0 Å². The molecule has 0 spiro atoms. The SMILES string of the molecule is CC(C)CCCOCCOCCNCS(C)=S. The predicted octanol–water partition coefficient (Wildman–Crippen LogP) is 1.71. The molecule has 0 aromatic heterocycles. The molecule has 5 heteroatoms. The Labute approximate surface area is 113 Å². The number of rotatable bonds is 12. The van der Waals surface area contributed by atoms with E-state index < -0.39 is 0 Å². The summed E-state index contributed by atoms with van der Waals surface area (Å²) in [6, 6.07) is 0. The molecule has 0 aromatic rings. The van der Waals surface area contributed by atoms with Crippen molar-refractivity contribution in [1.82, 2.24) is 5.32 Å². The van der Waals surface area contributed by atoms with Gasteiger partial charge in [-0.1, -0.05) is 25.0 Å². The molecular weight excluding hydrogens is 254 g/mol. The highest BCUT2D eigenvalue weighted by atomic mass is 32.8. The molecule has 104 valence electrons. The van der Waals surface area contributed by atoms with Crippen molar-refractivity contribution in [2.45, 2.75) is 26.7 Å². The Morgan fingerprint density at radius 2 is 1.76 bits per heavy atom. The average molecular weight is 281 g/mol. The lowest BCUT2D eigenvalue weighted by atomic mass is 10.1. The van der Waals surface area contributed by atoms with Crippen LogP contribution in [0.4, 0.5) is 0 Å². The van der Waals surface area contributed by atoms with Gasteiger partial charge in [0.25, 0.3) is 0 Å². The van der Waals surface area contributed by atoms with Crippen LogP contribution in [0, 0.1) is 5.92 Å². The van der Waals surface area contributed by atoms with Crippen LogP contribution in [0.3, 0.4) is 0 Å². The van der Waals surface area contributed by atoms with Gasteiger partial charge in [0.15, 0.2) is 0 Å². The molecule has 0 aromatic carbocycles. The van der Waals surface area contributed by atoms with Gasteiger partial charge < -0.3 is 14.8 Å². The third kappa shape index (κ3) is 16.4. The highest BCUT2D eigenvalue weighted by Crippen LogP contribution is 2.02. The summed E-state index contributed by atoms with van der Waals surface area (Å²) in [6.45, 7) is 8.34. The maximum absolute atomic E-state index is 5.47. The van der Waals surface area contributed by atoms with E-state index in [4.69, 9.17) is 20.7 Å². The van der Waals surface area contributed by atoms with Gasteiger partial charge in [-0.15, -0.1) is 9.45 Å². The number of hydrogen-bond donors (Lipinski definition) is 1. The van der Waals surface area contributed by atoms with E-state index in [1.54, 1.807) is 0 Å². The molecule has 0 aliphatic heterocycles. The first-order chi connectivity index (χ1) is 8.13. The third-order valence-electron chi connectivity index (χ3n) is 2.17. The predicted molar refractivity (Wildman–Crippen MR) is 79.2 cm³/mol. The summed E-state index contributed by atoms with van der Waals surface area (Å²) in [5, 5.41) is 3.25. The molecular formula is C12H27NO2S2. The molecule has 0 rings (SSSR count). The second kappa shape index (κ2) is 12.9. The Morgan fingerprint density at radius 1 is 1.12 bits per heavy atom. The van der Waals surface area contributed by atoms with Gasteiger partial charge >= 0.3 is 0 Å². The summed E-state index contributed by atoms with van der Waals surface area (Å²) in [4.78, 5) is 0. The second-order valence-corrected chi connectivity index (χ2v) is 7.62. The van der Waals surface area contributed by atoms with E-state index in [9.17, 15) is 0 Å². The van der Waals surface area contributed by atoms with Crippen molar-refractivity contribution in [2.24, 2.45) is 5.92 Å². The van der Waals surface area contributed by atoms with Crippen LogP contribution in [0.1, 0.15) is 26.7 Å². The van der Waals surface area contributed by atoms with Crippen LogP contribution >= 0.6 is 0 Å². The van der Waals surface area contributed by atoms with Crippen molar-refractivity contribution in [3.63, 3.8) is 0 Å². The van der Waals surface area contributed by atoms with E-state index in [0.717, 1.165) is 38.0 Å². The molecule has 0 aliphatic carbocycles. The van der Waals surface area contributed by atoms with E-state index in [1.807, 2.05) is 6.26 Å². The number of ether oxygens (including phenoxy) is 2. The zero-order valence-electron chi connectivity index (χ0n) is 11.4. The van der Waals surface area contributed by atoms with E-state index in [2.05, 4.69) is 19.2 Å². The van der Waals surface area contributed by atoms with Crippen LogP contribution < -0.4 is 5.32 Å². The minimum absolute atomic E-state index is 0.0598. The van der Waals surface area contributed by atoms with Crippen LogP contribution in [0.15, 0.2) is 0 Å². The summed E-state index contributed by atoms with van der Waals surface area (Å²) in [7, 11) is 0.0598. The zero-order chi connectivity index (χ0) is 12.9. The second-order valence-electron chi connectivity index (χ2n) is 4.48. The summed E-state index contributed by atoms with van der Waals surface area (Å²) in [5.74, 6) is 1.68. The van der Waals surface area contributed by atoms with E-state index in [-0.39, 0.29) is 9.45 Å². The fraction of sp³-hybridized carbons (Fsp3) is 1.00. The summed E-state index contributed by atoms with van der Waals surface area (Å²) in [5.41, 5.74) is 0. The van der Waals surface area contributed by atoms with Crippen molar-refractivity contribution < 1.29 is 9.47 Å². The zero-order valence-corrected chi connectivity index (χ0v) is 13.0. The smallest absolute Gasteiger partial charge is 0.0701 e. The van der Waals surface area contributed by atoms with Crippen LogP contribution in [0.25, 0.3) is 0 Å². The van der Waals surface area contributed by atoms with Crippen molar-refractivity contribution in [3.05, 3.63) is 0 Å². The van der Waals surface area contributed by atoms with Crippen molar-refractivity contribution in [1.29, 1.82) is 0 Å². The van der Waals surface area contributed by atoms with Crippen LogP contribution in [-0.2, 0) is 30.1 Å². The van der Waals surface area contributed by atoms with Crippen LogP contribution in [-0.4, -0.2) is 45.1 Å². The quantitative estimate of drug-likeness (QED) is 0.552. The Hall–Kier alpha value is 0.450. The Kier molecular flexibility index (Phi) is 13.2. The highest BCUT2D eigenvalue weighted by molar-refractivity contribution is 8.28. The van der Waals surface area contributed by atoms with Gasteiger partial charge in [-0.2, -0.15) is 0 Å². The molecule has 3 nitrogen and oxygen atoms in total. The van der Waals surface area contributed by atoms with Gasteiger partial charge in [-0.05, 0) is 25.0 Å². The first-order valence-corrected chi connectivity index (χ1v) is 9.02. The standard InChI is InChI=1S/C12H27NO2S2/c1-12(2)5-4-7-14-9-10-15-8-6-13-11-17(3)16/h12-13H,4-11H2,1-3H3. The topological polar surface area (TPSA) is 30.5 Å². The molecule has 0 saturated carbocycles. The molecule has 1 N–H and O–H groups in total. The molecule has 0 amide bonds. The van der Waals surface area contributed by atoms with E-state index in [1.165, 1.54) is 6.42 Å². The average Bonchev–Trinajstić information content (AvgIpc) is 2.25. The molecule has 17 heavy (non-hydrogen) atoms. The minimum Gasteiger partial charge on any atom is -0.379 e. The molecule has 0 radical (unpaired) electrons. The molecule has 1 unspecified atom stereocenters. The van der Waals surface area contributed by atoms with E-state index in [0.29, 0.717) is 13.2 Å². The summed E-state index contributed by atoms with van der Waals surface area (Å²) in [6.07, 6.45) is 4.44. The van der Waals surface area contributed by atoms with Gasteiger partial charge in [0, 0.05) is 19.0 Å². The van der Waals surface area contributed by atoms with Crippen molar-refractivity contribution >= 4 is 20.6 Å². The van der Waals surface area contributed by atoms with Crippen molar-refractivity contribution in [2.75, 3.05) is 45.1 Å². The highest BCUT2D eigenvalue weighted by Gasteiger charge is 1.94. The van der Waals surface area contributed by atoms with Gasteiger partial charge in [-0.3, -0.25) is 0 Å². The molecule has 0 saturated heterocycles. The minimum atomic E-state index is 0.0598. The fourth-order valence-corrected chi connectivity index (χ4v) is 1.96. The first kappa shape index (κ1) is 17.4. The molecule has 1 atom stereocenters. The Bertz CT molecular complexity index is 189. The van der Waals surface area contributed by atoms with Gasteiger partial charge in [0.05, 0.1) is 19.8 Å². The molecule has 0 fully saturated rings. The van der Waals surface area contributed by atoms with Crippen LogP contribution in [0.2, 0.25) is 0 Å². The number of nitrogens with one attached hydrogen (secondary N) is 1. The third-order valence-corrected chi connectivity index (χ3v) is 3.13. The number of hydrogen-bond acceptors (Lipinski definition) is 4. The monoisotopic (exact) mass is 281 g/mol. The Morgan fingerprint density at radius 3 is 2.35 bits per heavy atom. The normalized spacial score (nSPS) is 13.2. The largest absolute Gasteiger partial charge is 0.379 e. The summed E-state index contributed by atoms with van der Waals surface area (Å²) >= 11 is 5.06. The lowest BCUT2D eigenvalue weighted by Crippen LogP contribution is -2.23. The molecule has 0 bridgehead atoms. The lowest BCUT2D eigenvalue weighted by molar-refractivity contribution is 0.0470. The maximum atomic E-state index is 5.47.